The zero-order valence-electron chi connectivity index (χ0n) is 11.3. The van der Waals surface area contributed by atoms with Crippen molar-refractivity contribution >= 4 is 45.8 Å². The fraction of sp³-hybridized carbons (Fsp3) is 0.0714. The smallest absolute Gasteiger partial charge is 0.255 e. The summed E-state index contributed by atoms with van der Waals surface area (Å²) in [7, 11) is 1.80. The molecule has 2 N–H and O–H groups in total. The Labute approximate surface area is 135 Å². The Morgan fingerprint density at radius 1 is 1.29 bits per heavy atom. The number of amides is 2. The quantitative estimate of drug-likeness (QED) is 0.616. The van der Waals surface area contributed by atoms with Gasteiger partial charge < -0.3 is 10.6 Å². The molecule has 2 amide bonds. The van der Waals surface area contributed by atoms with Crippen molar-refractivity contribution in [3.05, 3.63) is 52.4 Å². The molecule has 2 rings (SSSR count). The average molecular weight is 396 g/mol. The van der Waals surface area contributed by atoms with Crippen LogP contribution in [0.2, 0.25) is 0 Å². The normalized spacial score (nSPS) is 10.0. The molecule has 0 radical (unpaired) electrons. The summed E-state index contributed by atoms with van der Waals surface area (Å²) in [6.45, 7) is 3.37. The van der Waals surface area contributed by atoms with E-state index in [-0.39, 0.29) is 11.8 Å². The van der Waals surface area contributed by atoms with E-state index in [1.165, 1.54) is 6.08 Å². The number of hydrogen-bond acceptors (Lipinski definition) is 3. The molecule has 0 bridgehead atoms. The molecule has 1 aromatic carbocycles. The van der Waals surface area contributed by atoms with Crippen LogP contribution < -0.4 is 10.6 Å². The minimum absolute atomic E-state index is 0.234. The molecule has 7 heteroatoms. The Bertz CT molecular complexity index is 691. The number of nitrogens with zero attached hydrogens (tertiary/aromatic N) is 2. The van der Waals surface area contributed by atoms with Gasteiger partial charge in [-0.1, -0.05) is 6.58 Å². The molecule has 0 aliphatic heterocycles. The number of benzene rings is 1. The maximum Gasteiger partial charge on any atom is 0.255 e. The van der Waals surface area contributed by atoms with E-state index in [2.05, 4.69) is 44.9 Å². The third-order valence-corrected chi connectivity index (χ3v) is 3.99. The van der Waals surface area contributed by atoms with Crippen LogP contribution in [-0.4, -0.2) is 21.6 Å². The summed E-state index contributed by atoms with van der Waals surface area (Å²) < 4.78 is 2.51. The largest absolute Gasteiger partial charge is 0.323 e. The molecule has 0 atom stereocenters. The summed E-state index contributed by atoms with van der Waals surface area (Å²) in [5.41, 5.74) is 1.76. The Hall–Kier alpha value is -2.16. The van der Waals surface area contributed by atoms with Crippen LogP contribution in [0.1, 0.15) is 10.4 Å². The van der Waals surface area contributed by atoms with Crippen LogP contribution in [0.15, 0.2) is 43.1 Å². The Morgan fingerprint density at radius 3 is 2.48 bits per heavy atom. The minimum atomic E-state index is -0.294. The van der Waals surface area contributed by atoms with Crippen LogP contribution in [0, 0.1) is 3.70 Å². The van der Waals surface area contributed by atoms with Crippen molar-refractivity contribution in [2.45, 2.75) is 0 Å². The number of halogens is 1. The van der Waals surface area contributed by atoms with Gasteiger partial charge in [-0.3, -0.25) is 14.3 Å². The summed E-state index contributed by atoms with van der Waals surface area (Å²) in [6.07, 6.45) is 2.78. The molecule has 108 valence electrons. The summed E-state index contributed by atoms with van der Waals surface area (Å²) in [4.78, 5) is 23.3. The maximum atomic E-state index is 12.1. The second kappa shape index (κ2) is 6.53. The lowest BCUT2D eigenvalue weighted by Crippen LogP contribution is -2.13. The zero-order valence-corrected chi connectivity index (χ0v) is 13.4. The predicted octanol–water partition coefficient (Wildman–Crippen LogP) is 2.40. The molecule has 0 fully saturated rings. The number of carbonyl (C=O) groups is 2. The summed E-state index contributed by atoms with van der Waals surface area (Å²) in [5, 5.41) is 9.46. The highest BCUT2D eigenvalue weighted by molar-refractivity contribution is 14.1. The fourth-order valence-electron chi connectivity index (χ4n) is 1.60. The monoisotopic (exact) mass is 396 g/mol. The molecule has 2 aromatic rings. The first kappa shape index (κ1) is 15.2. The number of rotatable bonds is 4. The minimum Gasteiger partial charge on any atom is -0.323 e. The molecule has 6 nitrogen and oxygen atoms in total. The van der Waals surface area contributed by atoms with Crippen molar-refractivity contribution < 1.29 is 9.59 Å². The lowest BCUT2D eigenvalue weighted by molar-refractivity contribution is -0.111. The lowest BCUT2D eigenvalue weighted by atomic mass is 10.2. The van der Waals surface area contributed by atoms with Gasteiger partial charge in [0.2, 0.25) is 5.91 Å². The second-order valence-corrected chi connectivity index (χ2v) is 5.22. The molecule has 0 saturated heterocycles. The summed E-state index contributed by atoms with van der Waals surface area (Å²) in [6, 6.07) is 6.59. The highest BCUT2D eigenvalue weighted by Crippen LogP contribution is 2.18. The van der Waals surface area contributed by atoms with Crippen LogP contribution in [-0.2, 0) is 11.8 Å². The first-order chi connectivity index (χ1) is 10.0. The molecular formula is C14H13IN4O2. The third kappa shape index (κ3) is 3.69. The topological polar surface area (TPSA) is 76.0 Å². The van der Waals surface area contributed by atoms with Crippen molar-refractivity contribution in [2.24, 2.45) is 7.05 Å². The standard InChI is InChI=1S/C14H13IN4O2/c1-3-12(20)17-10-6-4-9(5-7-10)14(21)18-11-8-16-19(2)13(11)15/h3-8H,1H2,2H3,(H,17,20)(H,18,21). The molecular weight excluding hydrogens is 383 g/mol. The van der Waals surface area contributed by atoms with E-state index >= 15 is 0 Å². The van der Waals surface area contributed by atoms with Crippen LogP contribution >= 0.6 is 22.6 Å². The van der Waals surface area contributed by atoms with E-state index in [1.807, 2.05) is 0 Å². The molecule has 0 aliphatic carbocycles. The van der Waals surface area contributed by atoms with Crippen molar-refractivity contribution in [1.29, 1.82) is 0 Å². The molecule has 0 spiro atoms. The zero-order chi connectivity index (χ0) is 15.4. The van der Waals surface area contributed by atoms with Gasteiger partial charge in [-0.15, -0.1) is 0 Å². The summed E-state index contributed by atoms with van der Waals surface area (Å²) >= 11 is 2.10. The third-order valence-electron chi connectivity index (χ3n) is 2.71. The molecule has 0 saturated carbocycles. The van der Waals surface area contributed by atoms with Crippen LogP contribution in [0.5, 0.6) is 0 Å². The van der Waals surface area contributed by atoms with Gasteiger partial charge in [0.1, 0.15) is 3.70 Å². The van der Waals surface area contributed by atoms with E-state index in [0.29, 0.717) is 16.9 Å². The van der Waals surface area contributed by atoms with Gasteiger partial charge in [-0.2, -0.15) is 5.10 Å². The highest BCUT2D eigenvalue weighted by atomic mass is 127. The molecule has 1 aromatic heterocycles. The number of anilines is 2. The molecule has 1 heterocycles. The van der Waals surface area contributed by atoms with Gasteiger partial charge in [-0.05, 0) is 52.9 Å². The van der Waals surface area contributed by atoms with Crippen molar-refractivity contribution in [1.82, 2.24) is 9.78 Å². The maximum absolute atomic E-state index is 12.1. The number of carbonyl (C=O) groups excluding carboxylic acids is 2. The van der Waals surface area contributed by atoms with Crippen LogP contribution in [0.4, 0.5) is 11.4 Å². The van der Waals surface area contributed by atoms with Gasteiger partial charge in [0, 0.05) is 18.3 Å². The van der Waals surface area contributed by atoms with Crippen molar-refractivity contribution in [3.8, 4) is 0 Å². The lowest BCUT2D eigenvalue weighted by Gasteiger charge is -2.06. The molecule has 0 aliphatic rings. The fourth-order valence-corrected chi connectivity index (χ4v) is 2.00. The van der Waals surface area contributed by atoms with Gasteiger partial charge in [0.05, 0.1) is 11.9 Å². The average Bonchev–Trinajstić information content (AvgIpc) is 2.80. The number of nitrogens with one attached hydrogen (secondary N) is 2. The van der Waals surface area contributed by atoms with Crippen LogP contribution in [0.3, 0.4) is 0 Å². The Balaban J connectivity index is 2.08. The number of hydrogen-bond donors (Lipinski definition) is 2. The molecule has 21 heavy (non-hydrogen) atoms. The van der Waals surface area contributed by atoms with Gasteiger partial charge >= 0.3 is 0 Å². The predicted molar refractivity (Wildman–Crippen MR) is 89.1 cm³/mol. The second-order valence-electron chi connectivity index (χ2n) is 4.20. The van der Waals surface area contributed by atoms with E-state index in [4.69, 9.17) is 0 Å². The van der Waals surface area contributed by atoms with E-state index in [9.17, 15) is 9.59 Å². The van der Waals surface area contributed by atoms with Gasteiger partial charge in [-0.25, -0.2) is 0 Å². The first-order valence-corrected chi connectivity index (χ1v) is 7.11. The van der Waals surface area contributed by atoms with Gasteiger partial charge in [0.15, 0.2) is 0 Å². The van der Waals surface area contributed by atoms with E-state index in [1.54, 1.807) is 42.2 Å². The molecule has 0 unspecified atom stereocenters. The summed E-state index contributed by atoms with van der Waals surface area (Å²) in [5.74, 6) is -0.528. The SMILES string of the molecule is C=CC(=O)Nc1ccc(C(=O)Nc2cnn(C)c2I)cc1. The Morgan fingerprint density at radius 2 is 1.95 bits per heavy atom. The van der Waals surface area contributed by atoms with E-state index < -0.39 is 0 Å². The van der Waals surface area contributed by atoms with E-state index in [0.717, 1.165) is 3.70 Å². The number of aromatic nitrogens is 2. The first-order valence-electron chi connectivity index (χ1n) is 6.03. The Kier molecular flexibility index (Phi) is 4.73. The van der Waals surface area contributed by atoms with Crippen molar-refractivity contribution in [2.75, 3.05) is 10.6 Å². The van der Waals surface area contributed by atoms with Crippen molar-refractivity contribution in [3.63, 3.8) is 0 Å². The van der Waals surface area contributed by atoms with Crippen LogP contribution in [0.25, 0.3) is 0 Å². The number of aryl methyl sites for hydroxylation is 1. The highest BCUT2D eigenvalue weighted by Gasteiger charge is 2.11. The van der Waals surface area contributed by atoms with Gasteiger partial charge in [0.25, 0.3) is 5.91 Å².